The number of aryl methyl sites for hydroxylation is 2. The second-order valence-electron chi connectivity index (χ2n) is 7.51. The van der Waals surface area contributed by atoms with Gasteiger partial charge in [0.25, 0.3) is 5.91 Å². The van der Waals surface area contributed by atoms with Gasteiger partial charge in [0.05, 0.1) is 27.2 Å². The Bertz CT molecular complexity index is 1350. The molecule has 34 heavy (non-hydrogen) atoms. The van der Waals surface area contributed by atoms with Gasteiger partial charge in [-0.05, 0) is 90.6 Å². The second kappa shape index (κ2) is 10.2. The number of nitrogens with zero attached hydrogens (tertiary/aromatic N) is 3. The van der Waals surface area contributed by atoms with Crippen LogP contribution in [0.5, 0.6) is 11.5 Å². The van der Waals surface area contributed by atoms with E-state index in [9.17, 15) is 10.1 Å². The number of aromatic nitrogens is 1. The summed E-state index contributed by atoms with van der Waals surface area (Å²) in [6, 6.07) is 17.2. The van der Waals surface area contributed by atoms with Crippen molar-refractivity contribution in [2.75, 3.05) is 12.1 Å². The van der Waals surface area contributed by atoms with Gasteiger partial charge in [-0.3, -0.25) is 9.47 Å². The number of carbonyl (C=O) groups is 1. The van der Waals surface area contributed by atoms with Gasteiger partial charge < -0.3 is 9.47 Å². The Morgan fingerprint density at radius 2 is 1.88 bits per heavy atom. The van der Waals surface area contributed by atoms with E-state index in [2.05, 4.69) is 28.7 Å². The van der Waals surface area contributed by atoms with Gasteiger partial charge in [0, 0.05) is 17.0 Å². The number of thiocarbonyl (C=S) groups is 1. The highest BCUT2D eigenvalue weighted by Crippen LogP contribution is 2.38. The molecule has 0 radical (unpaired) electrons. The number of hydrogen-bond acceptors (Lipinski definition) is 6. The fourth-order valence-electron chi connectivity index (χ4n) is 3.63. The highest BCUT2D eigenvalue weighted by Gasteiger charge is 2.34. The molecule has 0 N–H and O–H groups in total. The first-order valence-electron chi connectivity index (χ1n) is 10.3. The van der Waals surface area contributed by atoms with Gasteiger partial charge in [-0.25, -0.2) is 0 Å². The number of amides is 1. The van der Waals surface area contributed by atoms with Gasteiger partial charge in [0.15, 0.2) is 15.8 Å². The summed E-state index contributed by atoms with van der Waals surface area (Å²) in [4.78, 5) is 13.7. The monoisotopic (exact) mass is 601 g/mol. The Morgan fingerprint density at radius 1 is 1.18 bits per heavy atom. The lowest BCUT2D eigenvalue weighted by Gasteiger charge is -2.20. The summed E-state index contributed by atoms with van der Waals surface area (Å²) in [5.41, 5.74) is 4.04. The lowest BCUT2D eigenvalue weighted by molar-refractivity contribution is -0.114. The van der Waals surface area contributed by atoms with E-state index in [1.54, 1.807) is 13.2 Å². The van der Waals surface area contributed by atoms with Gasteiger partial charge in [-0.1, -0.05) is 30.0 Å². The van der Waals surface area contributed by atoms with Gasteiger partial charge in [0.1, 0.15) is 6.61 Å². The molecule has 3 aromatic rings. The molecule has 2 aromatic carbocycles. The zero-order valence-electron chi connectivity index (χ0n) is 18.7. The largest absolute Gasteiger partial charge is 0.493 e. The molecule has 9 heteroatoms. The Morgan fingerprint density at radius 3 is 2.56 bits per heavy atom. The summed E-state index contributed by atoms with van der Waals surface area (Å²) < 4.78 is 14.8. The van der Waals surface area contributed by atoms with E-state index in [-0.39, 0.29) is 12.5 Å². The molecule has 4 rings (SSSR count). The van der Waals surface area contributed by atoms with Crippen molar-refractivity contribution in [2.24, 2.45) is 0 Å². The zero-order chi connectivity index (χ0) is 24.4. The Balaban J connectivity index is 1.61. The lowest BCUT2D eigenvalue weighted by Crippen LogP contribution is -2.39. The third-order valence-corrected chi connectivity index (χ3v) is 7.35. The summed E-state index contributed by atoms with van der Waals surface area (Å²) in [6.07, 6.45) is 1.81. The predicted molar refractivity (Wildman–Crippen MR) is 146 cm³/mol. The molecule has 1 aliphatic rings. The average molecular weight is 601 g/mol. The quantitative estimate of drug-likeness (QED) is 0.205. The van der Waals surface area contributed by atoms with Crippen molar-refractivity contribution in [2.45, 2.75) is 20.5 Å². The van der Waals surface area contributed by atoms with Crippen LogP contribution in [0.25, 0.3) is 6.08 Å². The molecule has 0 saturated carbocycles. The number of ether oxygens (including phenoxy) is 2. The van der Waals surface area contributed by atoms with Crippen LogP contribution in [0.2, 0.25) is 0 Å². The summed E-state index contributed by atoms with van der Waals surface area (Å²) in [6.45, 7) is 4.12. The van der Waals surface area contributed by atoms with Crippen LogP contribution in [0.4, 0.5) is 0 Å². The molecule has 0 bridgehead atoms. The topological polar surface area (TPSA) is 67.5 Å². The first kappa shape index (κ1) is 24.3. The average Bonchev–Trinajstić information content (AvgIpc) is 3.29. The lowest BCUT2D eigenvalue weighted by atomic mass is 10.1. The van der Waals surface area contributed by atoms with Crippen LogP contribution < -0.4 is 14.5 Å². The minimum atomic E-state index is -0.167. The number of rotatable bonds is 6. The first-order chi connectivity index (χ1) is 16.3. The molecule has 2 heterocycles. The molecule has 1 aromatic heterocycles. The number of methoxy groups -OCH3 is 1. The molecule has 0 spiro atoms. The predicted octanol–water partition coefficient (Wildman–Crippen LogP) is 5.71. The van der Waals surface area contributed by atoms with Crippen LogP contribution in [-0.2, 0) is 11.4 Å². The van der Waals surface area contributed by atoms with E-state index < -0.39 is 0 Å². The van der Waals surface area contributed by atoms with E-state index in [1.807, 2.05) is 67.1 Å². The SMILES string of the molecule is COc1cc(/C=C2/SC(=S)N(n3c(C)ccc3C)C2=O)cc(I)c1OCc1ccccc1C#N. The molecule has 1 saturated heterocycles. The molecule has 1 fully saturated rings. The number of carbonyl (C=O) groups excluding carboxylic acids is 1. The van der Waals surface area contributed by atoms with Crippen molar-refractivity contribution in [3.8, 4) is 17.6 Å². The Kier molecular flexibility index (Phi) is 7.30. The smallest absolute Gasteiger partial charge is 0.285 e. The van der Waals surface area contributed by atoms with Crippen LogP contribution >= 0.6 is 46.6 Å². The molecule has 0 aliphatic carbocycles. The van der Waals surface area contributed by atoms with Crippen LogP contribution in [0.15, 0.2) is 53.4 Å². The molecular formula is C25H20IN3O3S2. The standard InChI is InChI=1S/C25H20IN3O3S2/c1-15-8-9-16(2)28(15)29-24(30)22(34-25(29)33)12-17-10-20(26)23(21(11-17)31-3)32-14-19-7-5-4-6-18(19)13-27/h4-12H,14H2,1-3H3/b22-12+. The van der Waals surface area contributed by atoms with E-state index in [4.69, 9.17) is 21.7 Å². The van der Waals surface area contributed by atoms with Crippen molar-refractivity contribution < 1.29 is 14.3 Å². The van der Waals surface area contributed by atoms with Crippen molar-refractivity contribution in [3.05, 3.63) is 85.1 Å². The molecular weight excluding hydrogens is 581 g/mol. The zero-order valence-corrected chi connectivity index (χ0v) is 22.5. The number of nitriles is 1. The van der Waals surface area contributed by atoms with Crippen LogP contribution in [0.3, 0.4) is 0 Å². The summed E-state index contributed by atoms with van der Waals surface area (Å²) in [5, 5.41) is 10.8. The highest BCUT2D eigenvalue weighted by atomic mass is 127. The van der Waals surface area contributed by atoms with E-state index >= 15 is 0 Å². The first-order valence-corrected chi connectivity index (χ1v) is 12.6. The Hall–Kier alpha value is -2.81. The van der Waals surface area contributed by atoms with Gasteiger partial charge >= 0.3 is 0 Å². The van der Waals surface area contributed by atoms with Gasteiger partial charge in [-0.2, -0.15) is 10.3 Å². The fraction of sp³-hybridized carbons (Fsp3) is 0.160. The van der Waals surface area contributed by atoms with Crippen LogP contribution in [-0.4, -0.2) is 22.0 Å². The maximum atomic E-state index is 13.2. The Labute approximate surface area is 221 Å². The minimum absolute atomic E-state index is 0.167. The van der Waals surface area contributed by atoms with Gasteiger partial charge in [0.2, 0.25) is 0 Å². The molecule has 0 atom stereocenters. The summed E-state index contributed by atoms with van der Waals surface area (Å²) in [5.74, 6) is 0.958. The van der Waals surface area contributed by atoms with E-state index in [0.29, 0.717) is 26.3 Å². The molecule has 1 aliphatic heterocycles. The van der Waals surface area contributed by atoms with Crippen molar-refractivity contribution >= 4 is 62.9 Å². The van der Waals surface area contributed by atoms with E-state index in [1.165, 1.54) is 16.8 Å². The third-order valence-electron chi connectivity index (χ3n) is 5.27. The van der Waals surface area contributed by atoms with Crippen LogP contribution in [0.1, 0.15) is 28.1 Å². The normalized spacial score (nSPS) is 14.6. The van der Waals surface area contributed by atoms with Crippen molar-refractivity contribution in [3.63, 3.8) is 0 Å². The van der Waals surface area contributed by atoms with Crippen molar-refractivity contribution in [1.82, 2.24) is 4.68 Å². The molecule has 6 nitrogen and oxygen atoms in total. The second-order valence-corrected chi connectivity index (χ2v) is 10.4. The molecule has 172 valence electrons. The van der Waals surface area contributed by atoms with E-state index in [0.717, 1.165) is 26.1 Å². The number of thioether (sulfide) groups is 1. The van der Waals surface area contributed by atoms with Gasteiger partial charge in [-0.15, -0.1) is 0 Å². The minimum Gasteiger partial charge on any atom is -0.493 e. The third kappa shape index (κ3) is 4.71. The van der Waals surface area contributed by atoms with Crippen LogP contribution in [0, 0.1) is 28.7 Å². The maximum absolute atomic E-state index is 13.2. The fourth-order valence-corrected chi connectivity index (χ4v) is 5.65. The number of hydrogen-bond donors (Lipinski definition) is 0. The molecule has 1 amide bonds. The number of halogens is 1. The molecule has 0 unspecified atom stereocenters. The van der Waals surface area contributed by atoms with Crippen molar-refractivity contribution in [1.29, 1.82) is 5.26 Å². The number of benzene rings is 2. The highest BCUT2D eigenvalue weighted by molar-refractivity contribution is 14.1. The maximum Gasteiger partial charge on any atom is 0.285 e. The summed E-state index contributed by atoms with van der Waals surface area (Å²) in [7, 11) is 1.57. The summed E-state index contributed by atoms with van der Waals surface area (Å²) >= 11 is 8.96.